The molecule has 1 nitrogen and oxygen atoms in total. The van der Waals surface area contributed by atoms with Gasteiger partial charge in [-0.05, 0) is 13.0 Å². The van der Waals surface area contributed by atoms with E-state index in [9.17, 15) is 8.78 Å². The van der Waals surface area contributed by atoms with Crippen LogP contribution in [0.2, 0.25) is 0 Å². The van der Waals surface area contributed by atoms with E-state index in [1.54, 1.807) is 0 Å². The number of hydrogen-bond acceptors (Lipinski definition) is 1. The quantitative estimate of drug-likeness (QED) is 0.649. The zero-order valence-electron chi connectivity index (χ0n) is 5.90. The Morgan fingerprint density at radius 1 is 1.80 bits per heavy atom. The van der Waals surface area contributed by atoms with Gasteiger partial charge in [0.2, 0.25) is 0 Å². The van der Waals surface area contributed by atoms with Crippen molar-refractivity contribution in [3.8, 4) is 0 Å². The monoisotopic (exact) mass is 147 g/mol. The predicted molar refractivity (Wildman–Crippen MR) is 37.7 cm³/mol. The summed E-state index contributed by atoms with van der Waals surface area (Å²) >= 11 is 0. The second kappa shape index (κ2) is 4.04. The van der Waals surface area contributed by atoms with Crippen LogP contribution in [0, 0.1) is 0 Å². The molecule has 0 radical (unpaired) electrons. The molecule has 0 saturated carbocycles. The highest BCUT2D eigenvalue weighted by Gasteiger charge is 2.02. The molecule has 0 spiro atoms. The third-order valence-electron chi connectivity index (χ3n) is 0.868. The van der Waals surface area contributed by atoms with Crippen molar-refractivity contribution < 1.29 is 8.78 Å². The summed E-state index contributed by atoms with van der Waals surface area (Å²) < 4.78 is 24.4. The van der Waals surface area contributed by atoms with E-state index in [-0.39, 0.29) is 12.1 Å². The van der Waals surface area contributed by atoms with E-state index >= 15 is 0 Å². The van der Waals surface area contributed by atoms with Crippen LogP contribution in [0.5, 0.6) is 0 Å². The summed E-state index contributed by atoms with van der Waals surface area (Å²) in [5.41, 5.74) is 5.31. The largest absolute Gasteiger partial charge is 0.402 e. The molecule has 0 aliphatic heterocycles. The van der Waals surface area contributed by atoms with E-state index in [0.717, 1.165) is 6.08 Å². The van der Waals surface area contributed by atoms with Gasteiger partial charge in [0.05, 0.1) is 5.83 Å². The molecule has 0 aromatic carbocycles. The van der Waals surface area contributed by atoms with Crippen LogP contribution in [-0.2, 0) is 0 Å². The summed E-state index contributed by atoms with van der Waals surface area (Å²) in [6.45, 7) is 4.47. The Balaban J connectivity index is 3.75. The molecule has 0 amide bonds. The van der Waals surface area contributed by atoms with Gasteiger partial charge in [0.25, 0.3) is 0 Å². The van der Waals surface area contributed by atoms with Crippen LogP contribution in [0.3, 0.4) is 0 Å². The topological polar surface area (TPSA) is 26.0 Å². The molecule has 0 rings (SSSR count). The molecular formula is C7H11F2N. The van der Waals surface area contributed by atoms with Crippen molar-refractivity contribution in [2.24, 2.45) is 5.73 Å². The van der Waals surface area contributed by atoms with Gasteiger partial charge in [0.15, 0.2) is 0 Å². The molecule has 1 atom stereocenters. The van der Waals surface area contributed by atoms with Crippen LogP contribution in [-0.4, -0.2) is 6.17 Å². The minimum absolute atomic E-state index is 0.0126. The third kappa shape index (κ3) is 5.28. The Kier molecular flexibility index (Phi) is 3.69. The molecule has 3 heteroatoms. The first-order valence-electron chi connectivity index (χ1n) is 2.93. The number of allylic oxidation sites excluding steroid dienone is 3. The molecule has 0 saturated heterocycles. The van der Waals surface area contributed by atoms with Crippen molar-refractivity contribution in [1.82, 2.24) is 0 Å². The van der Waals surface area contributed by atoms with Crippen molar-refractivity contribution >= 4 is 0 Å². The Hall–Kier alpha value is -0.860. The molecule has 0 aliphatic rings. The zero-order chi connectivity index (χ0) is 8.15. The first-order chi connectivity index (χ1) is 4.52. The minimum atomic E-state index is -1.34. The smallest absolute Gasteiger partial charge is 0.126 e. The molecule has 58 valence electrons. The first kappa shape index (κ1) is 9.14. The molecule has 0 aromatic rings. The predicted octanol–water partition coefficient (Wildman–Crippen LogP) is 2.06. The fraction of sp³-hybridized carbons (Fsp3) is 0.429. The summed E-state index contributed by atoms with van der Waals surface area (Å²) in [6.07, 6.45) is -0.484. The lowest BCUT2D eigenvalue weighted by atomic mass is 10.2. The van der Waals surface area contributed by atoms with E-state index in [1.807, 2.05) is 0 Å². The van der Waals surface area contributed by atoms with Gasteiger partial charge in [-0.2, -0.15) is 0 Å². The maximum absolute atomic E-state index is 12.4. The van der Waals surface area contributed by atoms with Gasteiger partial charge in [-0.15, -0.1) is 0 Å². The van der Waals surface area contributed by atoms with E-state index in [0.29, 0.717) is 0 Å². The summed E-state index contributed by atoms with van der Waals surface area (Å²) in [7, 11) is 0. The van der Waals surface area contributed by atoms with Crippen LogP contribution >= 0.6 is 0 Å². The highest BCUT2D eigenvalue weighted by molar-refractivity contribution is 4.99. The summed E-state index contributed by atoms with van der Waals surface area (Å²) in [5, 5.41) is 0. The molecule has 10 heavy (non-hydrogen) atoms. The maximum atomic E-state index is 12.4. The number of nitrogens with two attached hydrogens (primary N) is 1. The Labute approximate surface area is 59.2 Å². The Bertz CT molecular complexity index is 148. The Morgan fingerprint density at radius 2 is 2.30 bits per heavy atom. The average Bonchev–Trinajstić information content (AvgIpc) is 1.58. The van der Waals surface area contributed by atoms with E-state index in [4.69, 9.17) is 5.73 Å². The minimum Gasteiger partial charge on any atom is -0.402 e. The van der Waals surface area contributed by atoms with E-state index < -0.39 is 12.0 Å². The average molecular weight is 147 g/mol. The lowest BCUT2D eigenvalue weighted by molar-refractivity contribution is 0.389. The lowest BCUT2D eigenvalue weighted by Crippen LogP contribution is -2.03. The van der Waals surface area contributed by atoms with Gasteiger partial charge < -0.3 is 5.73 Å². The van der Waals surface area contributed by atoms with Crippen molar-refractivity contribution in [1.29, 1.82) is 0 Å². The molecule has 0 bridgehead atoms. The van der Waals surface area contributed by atoms with Crippen LogP contribution < -0.4 is 5.73 Å². The fourth-order valence-corrected chi connectivity index (χ4v) is 0.559. The molecule has 0 aliphatic carbocycles. The molecule has 0 aromatic heterocycles. The van der Waals surface area contributed by atoms with Gasteiger partial charge in [0.1, 0.15) is 6.17 Å². The number of hydrogen-bond donors (Lipinski definition) is 1. The number of halogens is 2. The fourth-order valence-electron chi connectivity index (χ4n) is 0.559. The normalized spacial score (nSPS) is 14.9. The van der Waals surface area contributed by atoms with Gasteiger partial charge in [-0.3, -0.25) is 0 Å². The van der Waals surface area contributed by atoms with Gasteiger partial charge >= 0.3 is 0 Å². The molecule has 1 unspecified atom stereocenters. The SMILES string of the molecule is C=C(N)CC(F)/C=C(\C)F. The second-order valence-corrected chi connectivity index (χ2v) is 2.13. The van der Waals surface area contributed by atoms with Crippen LogP contribution in [0.25, 0.3) is 0 Å². The highest BCUT2D eigenvalue weighted by atomic mass is 19.1. The Morgan fingerprint density at radius 3 is 2.60 bits per heavy atom. The summed E-state index contributed by atoms with van der Waals surface area (Å²) in [5.74, 6) is -0.534. The summed E-state index contributed by atoms with van der Waals surface area (Å²) in [6, 6.07) is 0. The maximum Gasteiger partial charge on any atom is 0.126 e. The number of rotatable bonds is 3. The standard InChI is InChI=1S/C7H11F2N/c1-5(8)3-7(9)4-6(2)10/h3,7H,2,4,10H2,1H3/b5-3+. The molecule has 2 N–H and O–H groups in total. The molecule has 0 fully saturated rings. The van der Waals surface area contributed by atoms with Crippen LogP contribution in [0.4, 0.5) is 8.78 Å². The van der Waals surface area contributed by atoms with Crippen molar-refractivity contribution in [2.75, 3.05) is 0 Å². The summed E-state index contributed by atoms with van der Waals surface area (Å²) in [4.78, 5) is 0. The van der Waals surface area contributed by atoms with Crippen molar-refractivity contribution in [2.45, 2.75) is 19.5 Å². The zero-order valence-corrected chi connectivity index (χ0v) is 5.90. The van der Waals surface area contributed by atoms with Crippen LogP contribution in [0.15, 0.2) is 24.2 Å². The van der Waals surface area contributed by atoms with E-state index in [2.05, 4.69) is 6.58 Å². The first-order valence-corrected chi connectivity index (χ1v) is 2.93. The molecular weight excluding hydrogens is 136 g/mol. The van der Waals surface area contributed by atoms with Gasteiger partial charge in [0, 0.05) is 12.1 Å². The van der Waals surface area contributed by atoms with Crippen LogP contribution in [0.1, 0.15) is 13.3 Å². The number of alkyl halides is 1. The van der Waals surface area contributed by atoms with Gasteiger partial charge in [-0.25, -0.2) is 8.78 Å². The highest BCUT2D eigenvalue weighted by Crippen LogP contribution is 2.07. The molecule has 0 heterocycles. The third-order valence-corrected chi connectivity index (χ3v) is 0.868. The van der Waals surface area contributed by atoms with Crippen molar-refractivity contribution in [3.05, 3.63) is 24.2 Å². The lowest BCUT2D eigenvalue weighted by Gasteiger charge is -2.00. The van der Waals surface area contributed by atoms with E-state index in [1.165, 1.54) is 6.92 Å². The second-order valence-electron chi connectivity index (χ2n) is 2.13. The van der Waals surface area contributed by atoms with Crippen molar-refractivity contribution in [3.63, 3.8) is 0 Å². The van der Waals surface area contributed by atoms with Gasteiger partial charge in [-0.1, -0.05) is 6.58 Å².